The summed E-state index contributed by atoms with van der Waals surface area (Å²) < 4.78 is 28.3. The van der Waals surface area contributed by atoms with E-state index in [9.17, 15) is 19.5 Å². The predicted molar refractivity (Wildman–Crippen MR) is 110 cm³/mol. The molecule has 1 aromatic rings. The number of hydrogen-bond acceptors (Lipinski definition) is 9. The fraction of sp³-hybridized carbons (Fsp3) is 0.708. The summed E-state index contributed by atoms with van der Waals surface area (Å²) in [5.74, 6) is -1.80. The van der Waals surface area contributed by atoms with Crippen molar-refractivity contribution < 1.29 is 42.9 Å². The van der Waals surface area contributed by atoms with Crippen LogP contribution in [0, 0.1) is 22.7 Å². The lowest BCUT2D eigenvalue weighted by Gasteiger charge is -2.61. The van der Waals surface area contributed by atoms with E-state index in [1.807, 2.05) is 6.92 Å². The molecule has 2 aliphatic carbocycles. The molecular weight excluding hydrogens is 432 g/mol. The van der Waals surface area contributed by atoms with Crippen LogP contribution in [0.1, 0.15) is 58.1 Å². The van der Waals surface area contributed by atoms with E-state index in [0.29, 0.717) is 25.7 Å². The minimum atomic E-state index is -1.10. The third kappa shape index (κ3) is 3.01. The number of carbonyl (C=O) groups excluding carboxylic acids is 3. The second-order valence-corrected chi connectivity index (χ2v) is 10.1. The molecule has 0 amide bonds. The lowest BCUT2D eigenvalue weighted by atomic mass is 9.42. The van der Waals surface area contributed by atoms with E-state index in [1.54, 1.807) is 18.6 Å². The van der Waals surface area contributed by atoms with E-state index < -0.39 is 46.7 Å². The summed E-state index contributed by atoms with van der Waals surface area (Å²) in [4.78, 5) is 37.4. The summed E-state index contributed by atoms with van der Waals surface area (Å²) in [6.45, 7) is 4.75. The molecule has 9 nitrogen and oxygen atoms in total. The Morgan fingerprint density at radius 2 is 2.00 bits per heavy atom. The average Bonchev–Trinajstić information content (AvgIpc) is 3.19. The zero-order chi connectivity index (χ0) is 23.6. The highest BCUT2D eigenvalue weighted by Gasteiger charge is 2.80. The fourth-order valence-electron chi connectivity index (χ4n) is 7.16. The van der Waals surface area contributed by atoms with Crippen LogP contribution in [0.4, 0.5) is 0 Å². The number of epoxide rings is 1. The molecule has 4 aliphatic rings. The van der Waals surface area contributed by atoms with E-state index in [4.69, 9.17) is 23.4 Å². The molecule has 180 valence electrons. The molecule has 4 fully saturated rings. The van der Waals surface area contributed by atoms with Gasteiger partial charge in [-0.1, -0.05) is 6.92 Å². The summed E-state index contributed by atoms with van der Waals surface area (Å²) in [6, 6.07) is 1.79. The first-order valence-corrected chi connectivity index (χ1v) is 11.5. The van der Waals surface area contributed by atoms with Gasteiger partial charge in [-0.15, -0.1) is 0 Å². The second kappa shape index (κ2) is 7.56. The molecule has 3 heterocycles. The molecule has 2 aliphatic heterocycles. The highest BCUT2D eigenvalue weighted by molar-refractivity contribution is 5.81. The van der Waals surface area contributed by atoms with Crippen molar-refractivity contribution in [3.63, 3.8) is 0 Å². The largest absolute Gasteiger partial charge is 0.472 e. The van der Waals surface area contributed by atoms with Crippen molar-refractivity contribution in [2.45, 2.75) is 70.4 Å². The Hall–Kier alpha value is -2.39. The first-order valence-electron chi connectivity index (χ1n) is 11.5. The summed E-state index contributed by atoms with van der Waals surface area (Å²) >= 11 is 0. The molecular formula is C24H30O9. The Morgan fingerprint density at radius 1 is 1.24 bits per heavy atom. The third-order valence-electron chi connectivity index (χ3n) is 8.67. The SMILES string of the molecule is CC(=O)OCC12C(O)CC(C)C3(CC(c4ccoc4)OC3=O)C1CCC(OC(C)=O)C21CO1. The quantitative estimate of drug-likeness (QED) is 0.408. The molecule has 33 heavy (non-hydrogen) atoms. The first kappa shape index (κ1) is 22.4. The van der Waals surface area contributed by atoms with E-state index >= 15 is 0 Å². The van der Waals surface area contributed by atoms with E-state index in [0.717, 1.165) is 5.56 Å². The Bertz CT molecular complexity index is 951. The molecule has 2 saturated carbocycles. The maximum Gasteiger partial charge on any atom is 0.313 e. The molecule has 2 saturated heterocycles. The Labute approximate surface area is 191 Å². The maximum atomic E-state index is 13.6. The normalized spacial score (nSPS) is 43.8. The van der Waals surface area contributed by atoms with Gasteiger partial charge >= 0.3 is 17.9 Å². The number of ether oxygens (including phenoxy) is 4. The number of aliphatic hydroxyl groups is 1. The minimum Gasteiger partial charge on any atom is -0.472 e. The van der Waals surface area contributed by atoms with Crippen LogP contribution in [0.5, 0.6) is 0 Å². The Kier molecular flexibility index (Phi) is 5.13. The molecule has 8 unspecified atom stereocenters. The van der Waals surface area contributed by atoms with Crippen molar-refractivity contribution in [3.8, 4) is 0 Å². The molecule has 2 spiro atoms. The number of furan rings is 1. The van der Waals surface area contributed by atoms with Gasteiger partial charge in [-0.05, 0) is 37.2 Å². The number of hydrogen-bond donors (Lipinski definition) is 1. The van der Waals surface area contributed by atoms with Crippen LogP contribution in [0.25, 0.3) is 0 Å². The zero-order valence-electron chi connectivity index (χ0n) is 19.1. The molecule has 1 N–H and O–H groups in total. The van der Waals surface area contributed by atoms with E-state index in [1.165, 1.54) is 13.8 Å². The zero-order valence-corrected chi connectivity index (χ0v) is 19.1. The summed E-state index contributed by atoms with van der Waals surface area (Å²) in [5, 5.41) is 11.6. The standard InChI is InChI=1S/C24H30O9/c1-13-8-19(27)23(11-30-14(2)25)18(4-5-20(32-15(3)26)24(23)12-31-24)22(13)9-17(33-21(22)28)16-6-7-29-10-16/h6-7,10,13,17-20,27H,4-5,8-9,11-12H2,1-3H3. The van der Waals surface area contributed by atoms with Gasteiger partial charge in [-0.3, -0.25) is 14.4 Å². The molecule has 9 heteroatoms. The summed E-state index contributed by atoms with van der Waals surface area (Å²) in [5.41, 5.74) is -2.23. The number of cyclic esters (lactones) is 1. The first-order chi connectivity index (χ1) is 15.7. The van der Waals surface area contributed by atoms with Crippen molar-refractivity contribution in [2.24, 2.45) is 22.7 Å². The topological polar surface area (TPSA) is 125 Å². The van der Waals surface area contributed by atoms with Crippen LogP contribution in [0.15, 0.2) is 23.0 Å². The van der Waals surface area contributed by atoms with Gasteiger partial charge in [0.15, 0.2) is 0 Å². The van der Waals surface area contributed by atoms with Gasteiger partial charge in [-0.2, -0.15) is 0 Å². The number of aliphatic hydroxyl groups excluding tert-OH is 1. The number of carbonyl (C=O) groups is 3. The van der Waals surface area contributed by atoms with E-state index in [2.05, 4.69) is 0 Å². The van der Waals surface area contributed by atoms with Crippen molar-refractivity contribution in [2.75, 3.05) is 13.2 Å². The van der Waals surface area contributed by atoms with Gasteiger partial charge in [-0.25, -0.2) is 0 Å². The van der Waals surface area contributed by atoms with Gasteiger partial charge in [0.2, 0.25) is 0 Å². The number of fused-ring (bicyclic) bond motifs is 3. The van der Waals surface area contributed by atoms with Crippen molar-refractivity contribution in [1.29, 1.82) is 0 Å². The fourth-order valence-corrected chi connectivity index (χ4v) is 7.16. The molecule has 0 bridgehead atoms. The van der Waals surface area contributed by atoms with Crippen LogP contribution in [-0.2, 0) is 33.3 Å². The third-order valence-corrected chi connectivity index (χ3v) is 8.67. The minimum absolute atomic E-state index is 0.121. The molecule has 5 rings (SSSR count). The van der Waals surface area contributed by atoms with Gasteiger partial charge in [0.1, 0.15) is 24.4 Å². The summed E-state index contributed by atoms with van der Waals surface area (Å²) in [7, 11) is 0. The van der Waals surface area contributed by atoms with Crippen LogP contribution < -0.4 is 0 Å². The van der Waals surface area contributed by atoms with E-state index in [-0.39, 0.29) is 31.0 Å². The van der Waals surface area contributed by atoms with Gasteiger partial charge in [0, 0.05) is 25.8 Å². The van der Waals surface area contributed by atoms with Crippen molar-refractivity contribution >= 4 is 17.9 Å². The van der Waals surface area contributed by atoms with Gasteiger partial charge in [0.05, 0.1) is 36.1 Å². The second-order valence-electron chi connectivity index (χ2n) is 10.1. The lowest BCUT2D eigenvalue weighted by Crippen LogP contribution is -2.71. The number of rotatable bonds is 4. The van der Waals surface area contributed by atoms with Crippen LogP contribution in [0.3, 0.4) is 0 Å². The number of esters is 3. The maximum absolute atomic E-state index is 13.6. The van der Waals surface area contributed by atoms with Gasteiger partial charge < -0.3 is 28.5 Å². The predicted octanol–water partition coefficient (Wildman–Crippen LogP) is 2.31. The molecule has 0 aromatic carbocycles. The van der Waals surface area contributed by atoms with Crippen LogP contribution >= 0.6 is 0 Å². The molecule has 1 aromatic heterocycles. The average molecular weight is 462 g/mol. The Morgan fingerprint density at radius 3 is 2.61 bits per heavy atom. The van der Waals surface area contributed by atoms with Gasteiger partial charge in [0.25, 0.3) is 0 Å². The molecule has 0 radical (unpaired) electrons. The van der Waals surface area contributed by atoms with Crippen LogP contribution in [-0.4, -0.2) is 54.0 Å². The highest BCUT2D eigenvalue weighted by atomic mass is 16.6. The van der Waals surface area contributed by atoms with Crippen molar-refractivity contribution in [3.05, 3.63) is 24.2 Å². The lowest BCUT2D eigenvalue weighted by molar-refractivity contribution is -0.241. The van der Waals surface area contributed by atoms with Crippen molar-refractivity contribution in [1.82, 2.24) is 0 Å². The monoisotopic (exact) mass is 462 g/mol. The summed E-state index contributed by atoms with van der Waals surface area (Å²) in [6.07, 6.45) is 2.88. The highest BCUT2D eigenvalue weighted by Crippen LogP contribution is 2.71. The Balaban J connectivity index is 1.61. The smallest absolute Gasteiger partial charge is 0.313 e. The van der Waals surface area contributed by atoms with Crippen LogP contribution in [0.2, 0.25) is 0 Å². The molecule has 8 atom stereocenters.